The first-order valence-corrected chi connectivity index (χ1v) is 27.8. The number of aliphatic hydroxyl groups excluding tert-OH is 1. The summed E-state index contributed by atoms with van der Waals surface area (Å²) in [6.45, 7) is 4.64. The predicted octanol–water partition coefficient (Wildman–Crippen LogP) is 14.8. The van der Waals surface area contributed by atoms with Crippen molar-refractivity contribution in [3.05, 3.63) is 36.5 Å². The van der Waals surface area contributed by atoms with E-state index in [1.165, 1.54) is 186 Å². The fourth-order valence-corrected chi connectivity index (χ4v) is 8.36. The van der Waals surface area contributed by atoms with Gasteiger partial charge >= 0.3 is 0 Å². The average molecular weight is 895 g/mol. The third kappa shape index (κ3) is 46.7. The minimum absolute atomic E-state index is 0.00588. The van der Waals surface area contributed by atoms with Crippen molar-refractivity contribution in [2.75, 3.05) is 40.9 Å². The summed E-state index contributed by atoms with van der Waals surface area (Å²) < 4.78 is 23.3. The van der Waals surface area contributed by atoms with Gasteiger partial charge in [-0.15, -0.1) is 0 Å². The van der Waals surface area contributed by atoms with Gasteiger partial charge in [-0.2, -0.15) is 0 Å². The fourth-order valence-electron chi connectivity index (χ4n) is 7.63. The van der Waals surface area contributed by atoms with Gasteiger partial charge in [0.05, 0.1) is 39.9 Å². The Morgan fingerprint density at radius 3 is 1.31 bits per heavy atom. The molecule has 8 nitrogen and oxygen atoms in total. The van der Waals surface area contributed by atoms with Crippen molar-refractivity contribution in [3.8, 4) is 0 Å². The quantitative estimate of drug-likeness (QED) is 0.0273. The van der Waals surface area contributed by atoms with Gasteiger partial charge in [0.2, 0.25) is 5.91 Å². The normalized spacial score (nSPS) is 14.4. The lowest BCUT2D eigenvalue weighted by atomic mass is 10.0. The molecule has 0 aliphatic rings. The van der Waals surface area contributed by atoms with Gasteiger partial charge in [-0.25, -0.2) is 0 Å². The highest BCUT2D eigenvalue weighted by molar-refractivity contribution is 7.45. The van der Waals surface area contributed by atoms with Crippen LogP contribution in [0.25, 0.3) is 0 Å². The van der Waals surface area contributed by atoms with Gasteiger partial charge in [-0.3, -0.25) is 9.36 Å². The molecule has 0 aromatic heterocycles. The predicted molar refractivity (Wildman–Crippen MR) is 265 cm³/mol. The summed E-state index contributed by atoms with van der Waals surface area (Å²) in [5.74, 6) is -0.206. The molecule has 2 N–H and O–H groups in total. The van der Waals surface area contributed by atoms with Gasteiger partial charge in [0, 0.05) is 6.42 Å². The maximum atomic E-state index is 12.9. The molecule has 0 aliphatic heterocycles. The molecular formula is C53H103N2O6P. The van der Waals surface area contributed by atoms with Gasteiger partial charge in [0.1, 0.15) is 13.2 Å². The summed E-state index contributed by atoms with van der Waals surface area (Å²) in [7, 11) is 1.25. The van der Waals surface area contributed by atoms with E-state index < -0.39 is 26.6 Å². The van der Waals surface area contributed by atoms with Gasteiger partial charge in [-0.05, 0) is 57.8 Å². The van der Waals surface area contributed by atoms with Gasteiger partial charge in [0.25, 0.3) is 7.82 Å². The van der Waals surface area contributed by atoms with E-state index in [0.29, 0.717) is 17.4 Å². The third-order valence-corrected chi connectivity index (χ3v) is 12.8. The van der Waals surface area contributed by atoms with Crippen LogP contribution in [0.4, 0.5) is 0 Å². The molecule has 0 aromatic rings. The summed E-state index contributed by atoms with van der Waals surface area (Å²) in [5, 5.41) is 13.8. The molecule has 0 saturated heterocycles. The molecule has 0 bridgehead atoms. The van der Waals surface area contributed by atoms with Gasteiger partial charge in [0.15, 0.2) is 0 Å². The summed E-state index contributed by atoms with van der Waals surface area (Å²) in [4.78, 5) is 25.4. The van der Waals surface area contributed by atoms with Crippen molar-refractivity contribution < 1.29 is 32.9 Å². The van der Waals surface area contributed by atoms with E-state index in [2.05, 4.69) is 43.5 Å². The molecule has 366 valence electrons. The summed E-state index contributed by atoms with van der Waals surface area (Å²) >= 11 is 0. The fraction of sp³-hybridized carbons (Fsp3) is 0.868. The van der Waals surface area contributed by atoms with E-state index in [-0.39, 0.29) is 12.5 Å². The van der Waals surface area contributed by atoms with Crippen LogP contribution in [0.2, 0.25) is 0 Å². The highest BCUT2D eigenvalue weighted by Crippen LogP contribution is 2.38. The number of hydrogen-bond acceptors (Lipinski definition) is 6. The van der Waals surface area contributed by atoms with Crippen LogP contribution in [0.3, 0.4) is 0 Å². The second-order valence-corrected chi connectivity index (χ2v) is 20.6. The Hall–Kier alpha value is -1.28. The Bertz CT molecular complexity index is 1110. The smallest absolute Gasteiger partial charge is 0.268 e. The minimum atomic E-state index is -4.60. The number of nitrogens with zero attached hydrogens (tertiary/aromatic N) is 1. The van der Waals surface area contributed by atoms with Crippen LogP contribution in [0, 0.1) is 0 Å². The van der Waals surface area contributed by atoms with Crippen LogP contribution >= 0.6 is 7.82 Å². The number of hydrogen-bond donors (Lipinski definition) is 2. The molecule has 0 saturated carbocycles. The van der Waals surface area contributed by atoms with E-state index in [9.17, 15) is 19.4 Å². The van der Waals surface area contributed by atoms with Gasteiger partial charge in [-0.1, -0.05) is 217 Å². The van der Waals surface area contributed by atoms with Gasteiger partial charge < -0.3 is 28.8 Å². The molecule has 62 heavy (non-hydrogen) atoms. The number of aliphatic hydroxyl groups is 1. The standard InChI is InChI=1S/C53H103N2O6P/c1-6-8-10-12-14-16-18-20-22-24-25-26-27-28-29-31-33-35-37-39-41-43-45-47-53(57)54-51(50-61-62(58,59)60-49-48-55(3,4)5)52(56)46-44-42-40-38-36-34-32-30-23-21-19-17-15-13-11-9-7-2/h24-25,36,38,44,46,51-52,56H,6-23,26-35,37,39-43,45,47-50H2,1-5H3,(H-,54,57,58,59)/b25-24-,38-36+,46-44+. The number of amides is 1. The summed E-state index contributed by atoms with van der Waals surface area (Å²) in [6.07, 6.45) is 56.3. The first kappa shape index (κ1) is 60.7. The van der Waals surface area contributed by atoms with Crippen molar-refractivity contribution in [1.29, 1.82) is 0 Å². The summed E-state index contributed by atoms with van der Waals surface area (Å²) in [6, 6.07) is -0.902. The van der Waals surface area contributed by atoms with E-state index in [4.69, 9.17) is 9.05 Å². The van der Waals surface area contributed by atoms with Crippen molar-refractivity contribution >= 4 is 13.7 Å². The molecule has 0 fully saturated rings. The van der Waals surface area contributed by atoms with E-state index >= 15 is 0 Å². The first-order chi connectivity index (χ1) is 30.0. The van der Waals surface area contributed by atoms with Crippen LogP contribution in [-0.4, -0.2) is 68.5 Å². The zero-order valence-corrected chi connectivity index (χ0v) is 42.5. The largest absolute Gasteiger partial charge is 0.756 e. The Morgan fingerprint density at radius 1 is 0.548 bits per heavy atom. The highest BCUT2D eigenvalue weighted by atomic mass is 31.2. The number of allylic oxidation sites excluding steroid dienone is 5. The lowest BCUT2D eigenvalue weighted by molar-refractivity contribution is -0.870. The lowest BCUT2D eigenvalue weighted by Crippen LogP contribution is -2.45. The van der Waals surface area contributed by atoms with Crippen LogP contribution in [0.15, 0.2) is 36.5 Å². The number of rotatable bonds is 48. The zero-order chi connectivity index (χ0) is 45.7. The Balaban J connectivity index is 4.29. The second-order valence-electron chi connectivity index (χ2n) is 19.2. The van der Waals surface area contributed by atoms with Crippen molar-refractivity contribution in [3.63, 3.8) is 0 Å². The third-order valence-electron chi connectivity index (χ3n) is 11.8. The average Bonchev–Trinajstić information content (AvgIpc) is 3.23. The number of phosphoric ester groups is 1. The van der Waals surface area contributed by atoms with Crippen LogP contribution in [0.1, 0.15) is 245 Å². The van der Waals surface area contributed by atoms with E-state index in [1.54, 1.807) is 6.08 Å². The van der Waals surface area contributed by atoms with E-state index in [0.717, 1.165) is 38.5 Å². The van der Waals surface area contributed by atoms with Crippen LogP contribution < -0.4 is 10.2 Å². The molecule has 3 atom stereocenters. The molecule has 0 aliphatic carbocycles. The highest BCUT2D eigenvalue weighted by Gasteiger charge is 2.23. The molecular weight excluding hydrogens is 792 g/mol. The number of nitrogens with one attached hydrogen (secondary N) is 1. The molecule has 1 amide bonds. The Kier molecular flexibility index (Phi) is 44.0. The maximum absolute atomic E-state index is 12.9. The van der Waals surface area contributed by atoms with Crippen molar-refractivity contribution in [1.82, 2.24) is 5.32 Å². The zero-order valence-electron chi connectivity index (χ0n) is 41.6. The first-order valence-electron chi connectivity index (χ1n) is 26.4. The molecule has 0 rings (SSSR count). The molecule has 0 heterocycles. The minimum Gasteiger partial charge on any atom is -0.756 e. The number of carbonyl (C=O) groups excluding carboxylic acids is 1. The lowest BCUT2D eigenvalue weighted by Gasteiger charge is -2.29. The molecule has 3 unspecified atom stereocenters. The summed E-state index contributed by atoms with van der Waals surface area (Å²) in [5.41, 5.74) is 0. The molecule has 0 aromatic carbocycles. The molecule has 0 spiro atoms. The van der Waals surface area contributed by atoms with Crippen LogP contribution in [0.5, 0.6) is 0 Å². The Labute approximate surface area is 385 Å². The number of quaternary nitrogens is 1. The monoisotopic (exact) mass is 895 g/mol. The maximum Gasteiger partial charge on any atom is 0.268 e. The SMILES string of the molecule is CCCCCCCCCC/C=C\CCCCCCCCCCCCCC(=O)NC(COP(=O)([O-])OCC[N+](C)(C)C)C(O)/C=C/CC/C=C/CCCCCCCCCCCCC. The second kappa shape index (κ2) is 44.9. The molecule has 0 radical (unpaired) electrons. The van der Waals surface area contributed by atoms with E-state index in [1.807, 2.05) is 27.2 Å². The Morgan fingerprint density at radius 2 is 0.903 bits per heavy atom. The number of carbonyl (C=O) groups is 1. The number of unbranched alkanes of at least 4 members (excludes halogenated alkanes) is 31. The number of phosphoric acid groups is 1. The topological polar surface area (TPSA) is 108 Å². The molecule has 9 heteroatoms. The van der Waals surface area contributed by atoms with Crippen molar-refractivity contribution in [2.24, 2.45) is 0 Å². The van der Waals surface area contributed by atoms with Crippen LogP contribution in [-0.2, 0) is 18.4 Å². The number of likely N-dealkylation sites (N-methyl/N-ethyl adjacent to an activating group) is 1. The van der Waals surface area contributed by atoms with Crippen molar-refractivity contribution in [2.45, 2.75) is 257 Å².